The van der Waals surface area contributed by atoms with Gasteiger partial charge in [-0.05, 0) is 63.2 Å². The summed E-state index contributed by atoms with van der Waals surface area (Å²) in [7, 11) is 5.77. The number of nitrogens with one attached hydrogen (secondary N) is 1. The van der Waals surface area contributed by atoms with E-state index in [1.807, 2.05) is 31.2 Å². The fourth-order valence-corrected chi connectivity index (χ4v) is 3.80. The van der Waals surface area contributed by atoms with Crippen molar-refractivity contribution >= 4 is 11.4 Å². The Morgan fingerprint density at radius 3 is 2.29 bits per heavy atom. The van der Waals surface area contributed by atoms with E-state index in [0.717, 1.165) is 36.2 Å². The monoisotopic (exact) mass is 431 g/mol. The molecule has 0 aromatic heterocycles. The van der Waals surface area contributed by atoms with E-state index < -0.39 is 5.92 Å². The summed E-state index contributed by atoms with van der Waals surface area (Å²) in [6.07, 6.45) is 6.44. The Bertz CT molecular complexity index is 875. The molecule has 1 saturated carbocycles. The fourth-order valence-electron chi connectivity index (χ4n) is 3.80. The van der Waals surface area contributed by atoms with E-state index in [2.05, 4.69) is 52.1 Å². The SMILES string of the molecule is CC\C=C(Nc1cc(C(C)(F)F)ccc1N(C)N(C)C)/C(C)=C\C(C)=C(/C)C1CC1C. The van der Waals surface area contributed by atoms with E-state index in [4.69, 9.17) is 0 Å². The minimum Gasteiger partial charge on any atom is -0.354 e. The van der Waals surface area contributed by atoms with Crippen LogP contribution in [0.1, 0.15) is 59.9 Å². The second-order valence-electron chi connectivity index (χ2n) is 9.16. The van der Waals surface area contributed by atoms with Crippen LogP contribution in [0, 0.1) is 11.8 Å². The van der Waals surface area contributed by atoms with Gasteiger partial charge >= 0.3 is 0 Å². The van der Waals surface area contributed by atoms with Gasteiger partial charge < -0.3 is 10.3 Å². The highest BCUT2D eigenvalue weighted by molar-refractivity contribution is 5.73. The highest BCUT2D eigenvalue weighted by atomic mass is 19.3. The van der Waals surface area contributed by atoms with Gasteiger partial charge in [0, 0.05) is 39.3 Å². The molecule has 1 N–H and O–H groups in total. The van der Waals surface area contributed by atoms with Crippen LogP contribution in [-0.4, -0.2) is 26.2 Å². The number of benzene rings is 1. The topological polar surface area (TPSA) is 18.5 Å². The van der Waals surface area contributed by atoms with E-state index in [-0.39, 0.29) is 5.56 Å². The Morgan fingerprint density at radius 2 is 1.81 bits per heavy atom. The van der Waals surface area contributed by atoms with Crippen LogP contribution in [0.3, 0.4) is 0 Å². The minimum absolute atomic E-state index is 0.00182. The lowest BCUT2D eigenvalue weighted by Gasteiger charge is -2.30. The smallest absolute Gasteiger partial charge is 0.270 e. The normalized spacial score (nSPS) is 20.6. The summed E-state index contributed by atoms with van der Waals surface area (Å²) in [5.41, 5.74) is 6.28. The van der Waals surface area contributed by atoms with Gasteiger partial charge in [0.05, 0.1) is 11.4 Å². The maximum absolute atomic E-state index is 14.1. The predicted octanol–water partition coefficient (Wildman–Crippen LogP) is 7.36. The zero-order chi connectivity index (χ0) is 23.5. The van der Waals surface area contributed by atoms with Crippen LogP contribution >= 0.6 is 0 Å². The van der Waals surface area contributed by atoms with Crippen LogP contribution in [0.2, 0.25) is 0 Å². The summed E-state index contributed by atoms with van der Waals surface area (Å²) in [4.78, 5) is 0. The number of allylic oxidation sites excluding steroid dienone is 5. The highest BCUT2D eigenvalue weighted by Crippen LogP contribution is 2.44. The highest BCUT2D eigenvalue weighted by Gasteiger charge is 2.34. The molecule has 1 aliphatic carbocycles. The third kappa shape index (κ3) is 6.42. The molecular formula is C26H39F2N3. The Balaban J connectivity index is 2.45. The van der Waals surface area contributed by atoms with Gasteiger partial charge in [0.2, 0.25) is 0 Å². The second kappa shape index (κ2) is 9.99. The number of halogens is 2. The third-order valence-corrected chi connectivity index (χ3v) is 6.28. The van der Waals surface area contributed by atoms with Gasteiger partial charge in [-0.3, -0.25) is 0 Å². The molecule has 0 bridgehead atoms. The summed E-state index contributed by atoms with van der Waals surface area (Å²) in [5.74, 6) is -1.43. The Kier molecular flexibility index (Phi) is 8.09. The molecule has 1 aliphatic rings. The maximum atomic E-state index is 14.1. The van der Waals surface area contributed by atoms with Gasteiger partial charge in [0.1, 0.15) is 0 Å². The van der Waals surface area contributed by atoms with Crippen molar-refractivity contribution in [3.8, 4) is 0 Å². The van der Waals surface area contributed by atoms with Crippen LogP contribution in [0.4, 0.5) is 20.2 Å². The van der Waals surface area contributed by atoms with Crippen LogP contribution in [0.15, 0.2) is 52.8 Å². The molecule has 3 nitrogen and oxygen atoms in total. The predicted molar refractivity (Wildman–Crippen MR) is 129 cm³/mol. The van der Waals surface area contributed by atoms with Gasteiger partial charge in [0.15, 0.2) is 0 Å². The average molecular weight is 432 g/mol. The fraction of sp³-hybridized carbons (Fsp3) is 0.538. The third-order valence-electron chi connectivity index (χ3n) is 6.28. The zero-order valence-electron chi connectivity index (χ0n) is 20.6. The largest absolute Gasteiger partial charge is 0.354 e. The van der Waals surface area contributed by atoms with E-state index in [0.29, 0.717) is 11.6 Å². The van der Waals surface area contributed by atoms with Crippen molar-refractivity contribution in [2.45, 2.75) is 60.3 Å². The molecule has 2 atom stereocenters. The van der Waals surface area contributed by atoms with E-state index >= 15 is 0 Å². The average Bonchev–Trinajstić information content (AvgIpc) is 3.41. The van der Waals surface area contributed by atoms with Crippen molar-refractivity contribution in [3.05, 3.63) is 58.3 Å². The molecule has 0 radical (unpaired) electrons. The number of hydrogen-bond donors (Lipinski definition) is 1. The lowest BCUT2D eigenvalue weighted by atomic mass is 10.0. The molecule has 0 heterocycles. The standard InChI is InChI=1S/C26H39F2N3/c1-10-11-23(19(4)14-17(2)20(5)22-15-18(22)3)29-24-16-21(26(6,27)28)12-13-25(24)31(9)30(7)8/h11-14,16,18,22,29H,10,15H2,1-9H3/b19-14-,20-17+,23-11+. The summed E-state index contributed by atoms with van der Waals surface area (Å²) < 4.78 is 28.1. The van der Waals surface area contributed by atoms with Crippen molar-refractivity contribution in [2.75, 3.05) is 31.5 Å². The molecular weight excluding hydrogens is 392 g/mol. The van der Waals surface area contributed by atoms with Crippen molar-refractivity contribution < 1.29 is 8.78 Å². The molecule has 0 aliphatic heterocycles. The molecule has 1 aromatic rings. The van der Waals surface area contributed by atoms with Crippen molar-refractivity contribution in [1.29, 1.82) is 0 Å². The number of nitrogens with zero attached hydrogens (tertiary/aromatic N) is 2. The molecule has 2 unspecified atom stereocenters. The van der Waals surface area contributed by atoms with Crippen molar-refractivity contribution in [2.24, 2.45) is 11.8 Å². The minimum atomic E-state index is -2.90. The quantitative estimate of drug-likeness (QED) is 0.325. The molecule has 1 fully saturated rings. The van der Waals surface area contributed by atoms with Gasteiger partial charge in [0.25, 0.3) is 5.92 Å². The van der Waals surface area contributed by atoms with Crippen LogP contribution < -0.4 is 10.3 Å². The summed E-state index contributed by atoms with van der Waals surface area (Å²) in [6, 6.07) is 4.81. The Labute approximate surface area is 187 Å². The van der Waals surface area contributed by atoms with Gasteiger partial charge in [-0.15, -0.1) is 0 Å². The zero-order valence-corrected chi connectivity index (χ0v) is 20.6. The summed E-state index contributed by atoms with van der Waals surface area (Å²) in [6.45, 7) is 11.8. The van der Waals surface area contributed by atoms with Crippen molar-refractivity contribution in [3.63, 3.8) is 0 Å². The van der Waals surface area contributed by atoms with Crippen molar-refractivity contribution in [1.82, 2.24) is 5.01 Å². The van der Waals surface area contributed by atoms with Crippen LogP contribution in [0.25, 0.3) is 0 Å². The first-order valence-electron chi connectivity index (χ1n) is 11.1. The summed E-state index contributed by atoms with van der Waals surface area (Å²) >= 11 is 0. The van der Waals surface area contributed by atoms with Crippen LogP contribution in [0.5, 0.6) is 0 Å². The van der Waals surface area contributed by atoms with Gasteiger partial charge in [-0.1, -0.05) is 43.2 Å². The van der Waals surface area contributed by atoms with Gasteiger partial charge in [-0.2, -0.15) is 0 Å². The Hall–Kier alpha value is -2.14. The Morgan fingerprint density at radius 1 is 1.19 bits per heavy atom. The maximum Gasteiger partial charge on any atom is 0.270 e. The first-order valence-corrected chi connectivity index (χ1v) is 11.1. The van der Waals surface area contributed by atoms with E-state index in [1.165, 1.54) is 23.6 Å². The molecule has 5 heteroatoms. The number of alkyl halides is 2. The van der Waals surface area contributed by atoms with E-state index in [1.54, 1.807) is 12.1 Å². The number of anilines is 2. The molecule has 0 amide bonds. The second-order valence-corrected chi connectivity index (χ2v) is 9.16. The summed E-state index contributed by atoms with van der Waals surface area (Å²) in [5, 5.41) is 7.32. The lowest BCUT2D eigenvalue weighted by Crippen LogP contribution is -2.33. The molecule has 31 heavy (non-hydrogen) atoms. The first kappa shape index (κ1) is 25.1. The molecule has 0 spiro atoms. The number of rotatable bonds is 9. The molecule has 172 valence electrons. The number of hydrazine groups is 1. The van der Waals surface area contributed by atoms with E-state index in [9.17, 15) is 8.78 Å². The molecule has 0 saturated heterocycles. The first-order chi connectivity index (χ1) is 14.4. The van der Waals surface area contributed by atoms with Crippen LogP contribution in [-0.2, 0) is 5.92 Å². The molecule has 1 aromatic carbocycles. The number of hydrogen-bond acceptors (Lipinski definition) is 3. The van der Waals surface area contributed by atoms with Gasteiger partial charge in [-0.25, -0.2) is 13.8 Å². The molecule has 2 rings (SSSR count). The lowest BCUT2D eigenvalue weighted by molar-refractivity contribution is 0.0175.